The summed E-state index contributed by atoms with van der Waals surface area (Å²) < 4.78 is 0. The number of hydrogen-bond donors (Lipinski definition) is 2. The van der Waals surface area contributed by atoms with Crippen LogP contribution in [0.25, 0.3) is 0 Å². The minimum Gasteiger partial charge on any atom is -0.271 e. The van der Waals surface area contributed by atoms with Crippen LogP contribution in [0.3, 0.4) is 0 Å². The van der Waals surface area contributed by atoms with Crippen LogP contribution in [0.5, 0.6) is 0 Å². The molecular formula is C13H22N2S3. The number of thioether (sulfide) groups is 2. The highest BCUT2D eigenvalue weighted by Crippen LogP contribution is 2.37. The van der Waals surface area contributed by atoms with Crippen molar-refractivity contribution in [1.29, 1.82) is 0 Å². The molecule has 0 bridgehead atoms. The molecule has 102 valence electrons. The third-order valence-corrected chi connectivity index (χ3v) is 8.01. The highest BCUT2D eigenvalue weighted by atomic mass is 32.2. The summed E-state index contributed by atoms with van der Waals surface area (Å²) in [6.07, 6.45) is 2.27. The van der Waals surface area contributed by atoms with Gasteiger partial charge >= 0.3 is 0 Å². The Balaban J connectivity index is 1.84. The van der Waals surface area contributed by atoms with Gasteiger partial charge in [-0.15, -0.1) is 11.3 Å². The zero-order chi connectivity index (χ0) is 13.0. The Bertz CT molecular complexity index is 342. The molecule has 0 amide bonds. The van der Waals surface area contributed by atoms with Crippen molar-refractivity contribution in [1.82, 2.24) is 5.43 Å². The lowest BCUT2D eigenvalue weighted by atomic mass is 10.1. The molecule has 1 aliphatic heterocycles. The van der Waals surface area contributed by atoms with Crippen molar-refractivity contribution in [3.63, 3.8) is 0 Å². The summed E-state index contributed by atoms with van der Waals surface area (Å²) in [4.78, 5) is 1.46. The van der Waals surface area contributed by atoms with Crippen molar-refractivity contribution in [2.45, 2.75) is 48.5 Å². The molecule has 2 rings (SSSR count). The molecule has 18 heavy (non-hydrogen) atoms. The average Bonchev–Trinajstić information content (AvgIpc) is 2.87. The smallest absolute Gasteiger partial charge is 0.0340 e. The van der Waals surface area contributed by atoms with Gasteiger partial charge in [0, 0.05) is 32.4 Å². The molecule has 4 unspecified atom stereocenters. The van der Waals surface area contributed by atoms with Gasteiger partial charge in [-0.3, -0.25) is 11.3 Å². The molecule has 2 nitrogen and oxygen atoms in total. The molecule has 0 radical (unpaired) electrons. The third kappa shape index (κ3) is 3.90. The van der Waals surface area contributed by atoms with E-state index in [0.717, 1.165) is 23.3 Å². The molecule has 1 aromatic heterocycles. The SMILES string of the molecule is CC1SCC(C(CCc2cccs2)NN)SC1C. The summed E-state index contributed by atoms with van der Waals surface area (Å²) in [5.41, 5.74) is 3.04. The highest BCUT2D eigenvalue weighted by molar-refractivity contribution is 8.07. The van der Waals surface area contributed by atoms with Crippen LogP contribution in [0, 0.1) is 0 Å². The highest BCUT2D eigenvalue weighted by Gasteiger charge is 2.30. The first-order valence-corrected chi connectivity index (χ1v) is 9.33. The van der Waals surface area contributed by atoms with Gasteiger partial charge in [0.15, 0.2) is 0 Å². The first kappa shape index (κ1) is 14.7. The molecule has 5 heteroatoms. The quantitative estimate of drug-likeness (QED) is 0.647. The first-order chi connectivity index (χ1) is 8.70. The lowest BCUT2D eigenvalue weighted by Crippen LogP contribution is -2.46. The van der Waals surface area contributed by atoms with E-state index in [1.54, 1.807) is 0 Å². The number of nitrogens with two attached hydrogens (primary N) is 1. The number of thiophene rings is 1. The Morgan fingerprint density at radius 1 is 1.44 bits per heavy atom. The largest absolute Gasteiger partial charge is 0.271 e. The van der Waals surface area contributed by atoms with E-state index in [1.165, 1.54) is 10.6 Å². The van der Waals surface area contributed by atoms with Crippen molar-refractivity contribution < 1.29 is 0 Å². The van der Waals surface area contributed by atoms with Crippen molar-refractivity contribution >= 4 is 34.9 Å². The van der Waals surface area contributed by atoms with Gasteiger partial charge in [-0.25, -0.2) is 0 Å². The van der Waals surface area contributed by atoms with Crippen molar-refractivity contribution in [3.8, 4) is 0 Å². The second-order valence-corrected chi connectivity index (χ2v) is 8.87. The van der Waals surface area contributed by atoms with Gasteiger partial charge in [0.25, 0.3) is 0 Å². The summed E-state index contributed by atoms with van der Waals surface area (Å²) in [6, 6.07) is 4.77. The van der Waals surface area contributed by atoms with Crippen molar-refractivity contribution in [2.75, 3.05) is 5.75 Å². The number of rotatable bonds is 5. The zero-order valence-corrected chi connectivity index (χ0v) is 13.4. The van der Waals surface area contributed by atoms with Crippen LogP contribution in [0.1, 0.15) is 25.1 Å². The first-order valence-electron chi connectivity index (χ1n) is 6.46. The maximum absolute atomic E-state index is 5.75. The van der Waals surface area contributed by atoms with Crippen LogP contribution < -0.4 is 11.3 Å². The van der Waals surface area contributed by atoms with E-state index in [4.69, 9.17) is 5.84 Å². The topological polar surface area (TPSA) is 38.0 Å². The monoisotopic (exact) mass is 302 g/mol. The number of nitrogens with one attached hydrogen (secondary N) is 1. The molecule has 0 spiro atoms. The fourth-order valence-electron chi connectivity index (χ4n) is 2.15. The van der Waals surface area contributed by atoms with Gasteiger partial charge in [0.2, 0.25) is 0 Å². The van der Waals surface area contributed by atoms with Crippen LogP contribution in [0.2, 0.25) is 0 Å². The molecule has 0 aromatic carbocycles. The second-order valence-electron chi connectivity index (χ2n) is 4.81. The lowest BCUT2D eigenvalue weighted by molar-refractivity contribution is 0.492. The molecular weight excluding hydrogens is 280 g/mol. The molecule has 0 aliphatic carbocycles. The van der Waals surface area contributed by atoms with Crippen LogP contribution in [-0.4, -0.2) is 27.5 Å². The van der Waals surface area contributed by atoms with E-state index in [0.29, 0.717) is 11.3 Å². The van der Waals surface area contributed by atoms with Gasteiger partial charge in [-0.05, 0) is 24.3 Å². The van der Waals surface area contributed by atoms with E-state index >= 15 is 0 Å². The molecule has 1 saturated heterocycles. The fourth-order valence-corrected chi connectivity index (χ4v) is 6.02. The summed E-state index contributed by atoms with van der Waals surface area (Å²) in [5, 5.41) is 4.29. The summed E-state index contributed by atoms with van der Waals surface area (Å²) in [7, 11) is 0. The summed E-state index contributed by atoms with van der Waals surface area (Å²) in [5.74, 6) is 6.97. The van der Waals surface area contributed by atoms with E-state index < -0.39 is 0 Å². The number of hydrogen-bond acceptors (Lipinski definition) is 5. The Hall–Kier alpha value is 0.320. The lowest BCUT2D eigenvalue weighted by Gasteiger charge is -2.35. The molecule has 2 heterocycles. The van der Waals surface area contributed by atoms with E-state index in [-0.39, 0.29) is 0 Å². The fraction of sp³-hybridized carbons (Fsp3) is 0.692. The molecule has 1 aliphatic rings. The maximum atomic E-state index is 5.75. The zero-order valence-electron chi connectivity index (χ0n) is 11.0. The van der Waals surface area contributed by atoms with Gasteiger partial charge in [0.1, 0.15) is 0 Å². The van der Waals surface area contributed by atoms with Gasteiger partial charge in [-0.2, -0.15) is 23.5 Å². The normalized spacial score (nSPS) is 30.3. The van der Waals surface area contributed by atoms with Crippen LogP contribution in [0.4, 0.5) is 0 Å². The molecule has 0 saturated carbocycles. The Labute approximate surface area is 122 Å². The Morgan fingerprint density at radius 2 is 2.28 bits per heavy atom. The number of hydrazine groups is 1. The summed E-state index contributed by atoms with van der Waals surface area (Å²) in [6.45, 7) is 4.66. The minimum atomic E-state index is 0.430. The van der Waals surface area contributed by atoms with Gasteiger partial charge in [0.05, 0.1) is 0 Å². The van der Waals surface area contributed by atoms with Crippen LogP contribution >= 0.6 is 34.9 Å². The molecule has 1 fully saturated rings. The standard InChI is InChI=1S/C13H22N2S3/c1-9-10(2)18-13(8-17-9)12(15-14)6-5-11-4-3-7-16-11/h3-4,7,9-10,12-13,15H,5-6,8,14H2,1-2H3. The molecule has 1 aromatic rings. The van der Waals surface area contributed by atoms with Crippen molar-refractivity contribution in [3.05, 3.63) is 22.4 Å². The summed E-state index contributed by atoms with van der Waals surface area (Å²) >= 11 is 6.03. The predicted octanol–water partition coefficient (Wildman–Crippen LogP) is 3.14. The third-order valence-electron chi connectivity index (χ3n) is 3.52. The van der Waals surface area contributed by atoms with E-state index in [1.807, 2.05) is 11.3 Å². The van der Waals surface area contributed by atoms with E-state index in [2.05, 4.69) is 60.3 Å². The van der Waals surface area contributed by atoms with Gasteiger partial charge < -0.3 is 0 Å². The van der Waals surface area contributed by atoms with Crippen molar-refractivity contribution in [2.24, 2.45) is 5.84 Å². The minimum absolute atomic E-state index is 0.430. The van der Waals surface area contributed by atoms with E-state index in [9.17, 15) is 0 Å². The average molecular weight is 303 g/mol. The maximum Gasteiger partial charge on any atom is 0.0340 e. The van der Waals surface area contributed by atoms with Gasteiger partial charge in [-0.1, -0.05) is 19.9 Å². The predicted molar refractivity (Wildman–Crippen MR) is 86.5 cm³/mol. The number of aryl methyl sites for hydroxylation is 1. The Kier molecular flexibility index (Phi) is 5.89. The molecule has 3 N–H and O–H groups in total. The Morgan fingerprint density at radius 3 is 2.89 bits per heavy atom. The molecule has 4 atom stereocenters. The van der Waals surface area contributed by atoms with Crippen LogP contribution in [0.15, 0.2) is 17.5 Å². The second kappa shape index (κ2) is 7.20. The van der Waals surface area contributed by atoms with Crippen LogP contribution in [-0.2, 0) is 6.42 Å².